The molecule has 5 heteroatoms. The summed E-state index contributed by atoms with van der Waals surface area (Å²) < 4.78 is 0. The van der Waals surface area contributed by atoms with Gasteiger partial charge < -0.3 is 11.1 Å². The van der Waals surface area contributed by atoms with E-state index in [0.29, 0.717) is 6.54 Å². The lowest BCUT2D eigenvalue weighted by Crippen LogP contribution is -2.47. The van der Waals surface area contributed by atoms with Crippen molar-refractivity contribution in [3.8, 4) is 0 Å². The van der Waals surface area contributed by atoms with E-state index in [0.717, 1.165) is 13.1 Å². The molecule has 0 aliphatic carbocycles. The fourth-order valence-corrected chi connectivity index (χ4v) is 2.42. The van der Waals surface area contributed by atoms with Gasteiger partial charge in [0.1, 0.15) is 0 Å². The number of amides is 1. The van der Waals surface area contributed by atoms with E-state index in [4.69, 9.17) is 5.73 Å². The van der Waals surface area contributed by atoms with Crippen molar-refractivity contribution in [2.45, 2.75) is 39.8 Å². The van der Waals surface area contributed by atoms with Crippen LogP contribution in [0.5, 0.6) is 0 Å². The van der Waals surface area contributed by atoms with Gasteiger partial charge in [0.05, 0.1) is 12.1 Å². The van der Waals surface area contributed by atoms with Crippen molar-refractivity contribution in [2.75, 3.05) is 19.6 Å². The summed E-state index contributed by atoms with van der Waals surface area (Å²) in [5.74, 6) is 0.0757. The highest BCUT2D eigenvalue weighted by atomic mass is 35.5. The Hall–Kier alpha value is -1.10. The van der Waals surface area contributed by atoms with E-state index in [2.05, 4.69) is 36.2 Å². The normalized spacial score (nSPS) is 13.6. The van der Waals surface area contributed by atoms with Gasteiger partial charge in [-0.25, -0.2) is 0 Å². The van der Waals surface area contributed by atoms with Crippen LogP contribution in [0, 0.1) is 5.92 Å². The van der Waals surface area contributed by atoms with Crippen LogP contribution < -0.4 is 11.1 Å². The molecule has 0 saturated heterocycles. The van der Waals surface area contributed by atoms with Gasteiger partial charge in [-0.1, -0.05) is 58.0 Å². The quantitative estimate of drug-likeness (QED) is 0.771. The Morgan fingerprint density at radius 1 is 1.18 bits per heavy atom. The van der Waals surface area contributed by atoms with Gasteiger partial charge in [-0.2, -0.15) is 0 Å². The predicted molar refractivity (Wildman–Crippen MR) is 95.2 cm³/mol. The molecule has 0 heterocycles. The number of carbonyl (C=O) groups is 1. The summed E-state index contributed by atoms with van der Waals surface area (Å²) in [7, 11) is 0. The number of halogens is 1. The number of hydrogen-bond donors (Lipinski definition) is 2. The number of benzene rings is 1. The number of nitrogens with one attached hydrogen (secondary N) is 1. The largest absolute Gasteiger partial charge is 0.353 e. The average molecular weight is 328 g/mol. The molecule has 1 unspecified atom stereocenters. The minimum absolute atomic E-state index is 0. The van der Waals surface area contributed by atoms with Crippen molar-refractivity contribution in [3.63, 3.8) is 0 Å². The summed E-state index contributed by atoms with van der Waals surface area (Å²) in [5, 5.41) is 3.01. The number of likely N-dealkylation sites (N-methyl/N-ethyl adjacent to an activating group) is 1. The molecule has 0 radical (unpaired) electrons. The van der Waals surface area contributed by atoms with Crippen LogP contribution in [0.4, 0.5) is 0 Å². The smallest absolute Gasteiger partial charge is 0.237 e. The van der Waals surface area contributed by atoms with E-state index in [9.17, 15) is 4.79 Å². The monoisotopic (exact) mass is 327 g/mol. The van der Waals surface area contributed by atoms with Crippen LogP contribution in [0.15, 0.2) is 30.3 Å². The summed E-state index contributed by atoms with van der Waals surface area (Å²) in [4.78, 5) is 14.4. The Morgan fingerprint density at radius 2 is 1.73 bits per heavy atom. The van der Waals surface area contributed by atoms with Gasteiger partial charge in [-0.15, -0.1) is 12.4 Å². The van der Waals surface area contributed by atoms with Crippen molar-refractivity contribution in [1.82, 2.24) is 10.2 Å². The molecule has 1 amide bonds. The third-order valence-electron chi connectivity index (χ3n) is 3.93. The van der Waals surface area contributed by atoms with E-state index in [1.54, 1.807) is 0 Å². The number of nitrogens with zero attached hydrogens (tertiary/aromatic N) is 1. The maximum absolute atomic E-state index is 12.1. The zero-order valence-corrected chi connectivity index (χ0v) is 14.9. The Balaban J connectivity index is 0.00000441. The highest BCUT2D eigenvalue weighted by molar-refractivity contribution is 5.85. The Bertz CT molecular complexity index is 421. The van der Waals surface area contributed by atoms with Crippen molar-refractivity contribution >= 4 is 18.3 Å². The van der Waals surface area contributed by atoms with Crippen LogP contribution in [0.3, 0.4) is 0 Å². The summed E-state index contributed by atoms with van der Waals surface area (Å²) in [5.41, 5.74) is 7.12. The van der Waals surface area contributed by atoms with E-state index in [-0.39, 0.29) is 30.3 Å². The molecule has 1 aromatic rings. The lowest BCUT2D eigenvalue weighted by atomic mass is 10.0. The standard InChI is InChI=1S/C17H29N3O.ClH/c1-5-20(6-2)15(14-10-8-7-9-11-14)12-19-17(21)16(18)13(3)4;/h7-11,13,15-16H,5-6,12,18H2,1-4H3,(H,19,21);1H/t15?,16-;/m0./s1. The average Bonchev–Trinajstić information content (AvgIpc) is 2.51. The summed E-state index contributed by atoms with van der Waals surface area (Å²) in [6.07, 6.45) is 0. The third-order valence-corrected chi connectivity index (χ3v) is 3.93. The number of hydrogen-bond acceptors (Lipinski definition) is 3. The van der Waals surface area contributed by atoms with Gasteiger partial charge >= 0.3 is 0 Å². The zero-order chi connectivity index (χ0) is 15.8. The van der Waals surface area contributed by atoms with Crippen LogP contribution in [0.1, 0.15) is 39.3 Å². The third kappa shape index (κ3) is 5.95. The van der Waals surface area contributed by atoms with Crippen LogP contribution in [-0.2, 0) is 4.79 Å². The molecule has 0 saturated carbocycles. The van der Waals surface area contributed by atoms with Crippen LogP contribution in [0.25, 0.3) is 0 Å². The summed E-state index contributed by atoms with van der Waals surface area (Å²) >= 11 is 0. The molecular formula is C17H30ClN3O. The van der Waals surface area contributed by atoms with E-state index in [1.165, 1.54) is 5.56 Å². The first kappa shape index (κ1) is 20.9. The molecule has 0 bridgehead atoms. The second-order valence-electron chi connectivity index (χ2n) is 5.66. The first-order valence-electron chi connectivity index (χ1n) is 7.83. The van der Waals surface area contributed by atoms with Crippen LogP contribution in [-0.4, -0.2) is 36.5 Å². The molecule has 22 heavy (non-hydrogen) atoms. The van der Waals surface area contributed by atoms with Crippen molar-refractivity contribution in [1.29, 1.82) is 0 Å². The van der Waals surface area contributed by atoms with E-state index >= 15 is 0 Å². The molecule has 0 aromatic heterocycles. The highest BCUT2D eigenvalue weighted by Gasteiger charge is 2.21. The molecule has 0 aliphatic heterocycles. The van der Waals surface area contributed by atoms with Crippen LogP contribution in [0.2, 0.25) is 0 Å². The SMILES string of the molecule is CCN(CC)C(CNC(=O)[C@@H](N)C(C)C)c1ccccc1.Cl. The lowest BCUT2D eigenvalue weighted by Gasteiger charge is -2.30. The molecule has 4 nitrogen and oxygen atoms in total. The fourth-order valence-electron chi connectivity index (χ4n) is 2.42. The Labute approximate surface area is 140 Å². The fraction of sp³-hybridized carbons (Fsp3) is 0.588. The molecule has 126 valence electrons. The Morgan fingerprint density at radius 3 is 2.18 bits per heavy atom. The minimum Gasteiger partial charge on any atom is -0.353 e. The molecule has 0 fully saturated rings. The van der Waals surface area contributed by atoms with Gasteiger partial charge in [0, 0.05) is 6.54 Å². The maximum Gasteiger partial charge on any atom is 0.237 e. The molecule has 1 aromatic carbocycles. The first-order chi connectivity index (χ1) is 10.0. The van der Waals surface area contributed by atoms with Crippen molar-refractivity contribution < 1.29 is 4.79 Å². The molecule has 1 rings (SSSR count). The molecule has 0 aliphatic rings. The molecular weight excluding hydrogens is 298 g/mol. The van der Waals surface area contributed by atoms with Gasteiger partial charge in [-0.3, -0.25) is 9.69 Å². The number of rotatable bonds is 8. The van der Waals surface area contributed by atoms with Gasteiger partial charge in [0.2, 0.25) is 5.91 Å². The predicted octanol–water partition coefficient (Wildman–Crippen LogP) is 2.59. The highest BCUT2D eigenvalue weighted by Crippen LogP contribution is 2.19. The van der Waals surface area contributed by atoms with Crippen molar-refractivity contribution in [3.05, 3.63) is 35.9 Å². The summed E-state index contributed by atoms with van der Waals surface area (Å²) in [6.45, 7) is 10.7. The van der Waals surface area contributed by atoms with E-state index < -0.39 is 6.04 Å². The van der Waals surface area contributed by atoms with Crippen LogP contribution >= 0.6 is 12.4 Å². The van der Waals surface area contributed by atoms with Gasteiger partial charge in [0.15, 0.2) is 0 Å². The first-order valence-corrected chi connectivity index (χ1v) is 7.83. The second-order valence-corrected chi connectivity index (χ2v) is 5.66. The topological polar surface area (TPSA) is 58.4 Å². The second kappa shape index (κ2) is 10.6. The van der Waals surface area contributed by atoms with Gasteiger partial charge in [-0.05, 0) is 24.6 Å². The molecule has 0 spiro atoms. The molecule has 3 N–H and O–H groups in total. The number of carbonyl (C=O) groups excluding carboxylic acids is 1. The van der Waals surface area contributed by atoms with E-state index in [1.807, 2.05) is 32.0 Å². The van der Waals surface area contributed by atoms with Crippen molar-refractivity contribution in [2.24, 2.45) is 11.7 Å². The number of nitrogens with two attached hydrogens (primary N) is 1. The summed E-state index contributed by atoms with van der Waals surface area (Å²) in [6, 6.07) is 10.0. The Kier molecular flexibility index (Phi) is 10.1. The van der Waals surface area contributed by atoms with Gasteiger partial charge in [0.25, 0.3) is 0 Å². The minimum atomic E-state index is -0.446. The molecule has 2 atom stereocenters. The maximum atomic E-state index is 12.1. The zero-order valence-electron chi connectivity index (χ0n) is 14.1. The lowest BCUT2D eigenvalue weighted by molar-refractivity contribution is -0.123.